The molecule has 0 radical (unpaired) electrons. The van der Waals surface area contributed by atoms with Gasteiger partial charge in [-0.3, -0.25) is 9.48 Å². The molecule has 0 fully saturated rings. The molecule has 22 heavy (non-hydrogen) atoms. The molecule has 1 heterocycles. The predicted octanol–water partition coefficient (Wildman–Crippen LogP) is 2.99. The molecule has 118 valence electrons. The molecule has 1 amide bonds. The number of nitrogens with zero attached hydrogens (tertiary/aromatic N) is 2. The number of alkyl halides is 3. The highest BCUT2D eigenvalue weighted by Crippen LogP contribution is 2.32. The van der Waals surface area contributed by atoms with Crippen LogP contribution < -0.4 is 5.32 Å². The number of aromatic nitrogens is 2. The molecule has 0 saturated carbocycles. The van der Waals surface area contributed by atoms with Gasteiger partial charge in [0.25, 0.3) is 5.91 Å². The monoisotopic (exact) mass is 315 g/mol. The Morgan fingerprint density at radius 3 is 2.68 bits per heavy atom. The minimum absolute atomic E-state index is 0.204. The van der Waals surface area contributed by atoms with E-state index in [4.69, 9.17) is 0 Å². The Labute approximate surface area is 123 Å². The van der Waals surface area contributed by atoms with Crippen LogP contribution in [0.25, 0.3) is 0 Å². The second-order valence-corrected chi connectivity index (χ2v) is 4.57. The smallest absolute Gasteiger partial charge is 0.348 e. The molecule has 0 bridgehead atoms. The Hall–Kier alpha value is -2.38. The highest BCUT2D eigenvalue weighted by Gasteiger charge is 2.33. The van der Waals surface area contributed by atoms with Crippen LogP contribution in [0.5, 0.6) is 0 Å². The van der Waals surface area contributed by atoms with E-state index < -0.39 is 23.5 Å². The molecule has 0 atom stereocenters. The highest BCUT2D eigenvalue weighted by molar-refractivity contribution is 5.93. The summed E-state index contributed by atoms with van der Waals surface area (Å²) in [4.78, 5) is 11.9. The molecule has 4 nitrogen and oxygen atoms in total. The van der Waals surface area contributed by atoms with Crippen LogP contribution in [0, 0.1) is 5.82 Å². The third-order valence-electron chi connectivity index (χ3n) is 3.04. The molecule has 0 spiro atoms. The Kier molecular flexibility index (Phi) is 4.48. The van der Waals surface area contributed by atoms with Gasteiger partial charge in [-0.15, -0.1) is 0 Å². The van der Waals surface area contributed by atoms with Gasteiger partial charge in [0.2, 0.25) is 0 Å². The SMILES string of the molecule is CCn1cc(C(=O)NCc2ccc(F)cc2C(F)(F)F)cn1. The first-order valence-electron chi connectivity index (χ1n) is 6.47. The van der Waals surface area contributed by atoms with Crippen LogP contribution in [0.4, 0.5) is 17.6 Å². The van der Waals surface area contributed by atoms with Crippen molar-refractivity contribution in [2.75, 3.05) is 0 Å². The molecule has 0 aliphatic heterocycles. The topological polar surface area (TPSA) is 46.9 Å². The first-order chi connectivity index (χ1) is 10.3. The number of hydrogen-bond acceptors (Lipinski definition) is 2. The number of carbonyl (C=O) groups excluding carboxylic acids is 1. The van der Waals surface area contributed by atoms with Crippen molar-refractivity contribution in [3.63, 3.8) is 0 Å². The molecule has 8 heteroatoms. The number of halogens is 4. The molecule has 0 aliphatic carbocycles. The molecule has 1 N–H and O–H groups in total. The quantitative estimate of drug-likeness (QED) is 0.882. The van der Waals surface area contributed by atoms with E-state index in [1.54, 1.807) is 0 Å². The normalized spacial score (nSPS) is 11.5. The fourth-order valence-corrected chi connectivity index (χ4v) is 1.90. The standard InChI is InChI=1S/C14H13F4N3O/c1-2-21-8-10(7-20-21)13(22)19-6-9-3-4-11(15)5-12(9)14(16,17)18/h3-5,7-8H,2,6H2,1H3,(H,19,22). The maximum atomic E-state index is 13.0. The minimum Gasteiger partial charge on any atom is -0.348 e. The summed E-state index contributed by atoms with van der Waals surface area (Å²) in [5, 5.41) is 6.28. The first-order valence-corrected chi connectivity index (χ1v) is 6.47. The van der Waals surface area contributed by atoms with Gasteiger partial charge in [0, 0.05) is 19.3 Å². The number of rotatable bonds is 4. The molecular weight excluding hydrogens is 302 g/mol. The lowest BCUT2D eigenvalue weighted by Crippen LogP contribution is -2.24. The summed E-state index contributed by atoms with van der Waals surface area (Å²) in [7, 11) is 0. The summed E-state index contributed by atoms with van der Waals surface area (Å²) < 4.78 is 53.0. The number of benzene rings is 1. The molecule has 0 saturated heterocycles. The maximum absolute atomic E-state index is 13.0. The van der Waals surface area contributed by atoms with Gasteiger partial charge in [0.05, 0.1) is 17.3 Å². The van der Waals surface area contributed by atoms with Crippen LogP contribution >= 0.6 is 0 Å². The van der Waals surface area contributed by atoms with E-state index in [0.717, 1.165) is 12.1 Å². The van der Waals surface area contributed by atoms with E-state index >= 15 is 0 Å². The summed E-state index contributed by atoms with van der Waals surface area (Å²) in [5.74, 6) is -1.52. The zero-order valence-electron chi connectivity index (χ0n) is 11.6. The van der Waals surface area contributed by atoms with Crippen LogP contribution in [-0.2, 0) is 19.3 Å². The number of amides is 1. The molecule has 1 aromatic heterocycles. The summed E-state index contributed by atoms with van der Waals surface area (Å²) in [6.07, 6.45) is -1.87. The van der Waals surface area contributed by atoms with Crippen molar-refractivity contribution in [2.24, 2.45) is 0 Å². The largest absolute Gasteiger partial charge is 0.416 e. The average molecular weight is 315 g/mol. The van der Waals surface area contributed by atoms with E-state index in [2.05, 4.69) is 10.4 Å². The fourth-order valence-electron chi connectivity index (χ4n) is 1.90. The summed E-state index contributed by atoms with van der Waals surface area (Å²) >= 11 is 0. The van der Waals surface area contributed by atoms with Gasteiger partial charge in [0.15, 0.2) is 0 Å². The van der Waals surface area contributed by atoms with Gasteiger partial charge in [-0.05, 0) is 24.6 Å². The van der Waals surface area contributed by atoms with E-state index in [1.807, 2.05) is 6.92 Å². The molecule has 2 aromatic rings. The van der Waals surface area contributed by atoms with E-state index in [9.17, 15) is 22.4 Å². The van der Waals surface area contributed by atoms with Gasteiger partial charge in [-0.2, -0.15) is 18.3 Å². The van der Waals surface area contributed by atoms with Crippen molar-refractivity contribution in [1.82, 2.24) is 15.1 Å². The van der Waals surface area contributed by atoms with Gasteiger partial charge in [-0.25, -0.2) is 4.39 Å². The number of hydrogen-bond donors (Lipinski definition) is 1. The third kappa shape index (κ3) is 3.63. The zero-order valence-corrected chi connectivity index (χ0v) is 11.6. The van der Waals surface area contributed by atoms with Gasteiger partial charge in [0.1, 0.15) is 5.82 Å². The lowest BCUT2D eigenvalue weighted by atomic mass is 10.1. The summed E-state index contributed by atoms with van der Waals surface area (Å²) in [6.45, 7) is 2.05. The number of nitrogens with one attached hydrogen (secondary N) is 1. The predicted molar refractivity (Wildman–Crippen MR) is 70.5 cm³/mol. The van der Waals surface area contributed by atoms with Crippen LogP contribution in [0.1, 0.15) is 28.4 Å². The van der Waals surface area contributed by atoms with Crippen LogP contribution in [0.15, 0.2) is 30.6 Å². The number of aryl methyl sites for hydroxylation is 1. The van der Waals surface area contributed by atoms with E-state index in [0.29, 0.717) is 12.6 Å². The minimum atomic E-state index is -4.69. The van der Waals surface area contributed by atoms with E-state index in [1.165, 1.54) is 17.1 Å². The van der Waals surface area contributed by atoms with Gasteiger partial charge in [-0.1, -0.05) is 6.07 Å². The van der Waals surface area contributed by atoms with Crippen molar-refractivity contribution < 1.29 is 22.4 Å². The van der Waals surface area contributed by atoms with Crippen molar-refractivity contribution in [3.8, 4) is 0 Å². The van der Waals surface area contributed by atoms with Crippen LogP contribution in [0.3, 0.4) is 0 Å². The van der Waals surface area contributed by atoms with Crippen molar-refractivity contribution in [3.05, 3.63) is 53.1 Å². The maximum Gasteiger partial charge on any atom is 0.416 e. The van der Waals surface area contributed by atoms with Gasteiger partial charge >= 0.3 is 6.18 Å². The number of carbonyl (C=O) groups is 1. The van der Waals surface area contributed by atoms with Crippen molar-refractivity contribution in [2.45, 2.75) is 26.2 Å². The molecular formula is C14H13F4N3O. The Morgan fingerprint density at radius 1 is 1.36 bits per heavy atom. The summed E-state index contributed by atoms with van der Waals surface area (Å²) in [5.41, 5.74) is -1.06. The lowest BCUT2D eigenvalue weighted by molar-refractivity contribution is -0.138. The van der Waals surface area contributed by atoms with Crippen molar-refractivity contribution >= 4 is 5.91 Å². The molecule has 0 unspecified atom stereocenters. The average Bonchev–Trinajstić information content (AvgIpc) is 2.93. The van der Waals surface area contributed by atoms with Crippen LogP contribution in [0.2, 0.25) is 0 Å². The third-order valence-corrected chi connectivity index (χ3v) is 3.04. The fraction of sp³-hybridized carbons (Fsp3) is 0.286. The van der Waals surface area contributed by atoms with Crippen LogP contribution in [-0.4, -0.2) is 15.7 Å². The van der Waals surface area contributed by atoms with E-state index in [-0.39, 0.29) is 17.7 Å². The first kappa shape index (κ1) is 16.0. The Balaban J connectivity index is 2.13. The second kappa shape index (κ2) is 6.17. The second-order valence-electron chi connectivity index (χ2n) is 4.57. The molecule has 0 aliphatic rings. The summed E-state index contributed by atoms with van der Waals surface area (Å²) in [6, 6.07) is 2.34. The molecule has 1 aromatic carbocycles. The molecule has 2 rings (SSSR count). The Morgan fingerprint density at radius 2 is 2.09 bits per heavy atom. The zero-order chi connectivity index (χ0) is 16.3. The van der Waals surface area contributed by atoms with Gasteiger partial charge < -0.3 is 5.32 Å². The van der Waals surface area contributed by atoms with Crippen molar-refractivity contribution in [1.29, 1.82) is 0 Å². The lowest BCUT2D eigenvalue weighted by Gasteiger charge is -2.13. The highest BCUT2D eigenvalue weighted by atomic mass is 19.4. The Bertz CT molecular complexity index is 679.